The largest absolute Gasteiger partial charge is 0.585 e. The van der Waals surface area contributed by atoms with E-state index in [2.05, 4.69) is 19.8 Å². The Morgan fingerprint density at radius 3 is 3.04 bits per heavy atom. The van der Waals surface area contributed by atoms with E-state index in [1.165, 1.54) is 0 Å². The van der Waals surface area contributed by atoms with Gasteiger partial charge in [-0.05, 0) is 25.3 Å². The Balaban J connectivity index is 1.57. The summed E-state index contributed by atoms with van der Waals surface area (Å²) in [5, 5.41) is 15.0. The SMILES string of the molecule is CCCS(=O)(=O)N[C@H]1C[C@H](C2=NOB(O)c3cnc4[nH]ccc4c32)C1. The molecule has 132 valence electrons. The molecule has 0 atom stereocenters. The molecule has 0 spiro atoms. The van der Waals surface area contributed by atoms with E-state index in [-0.39, 0.29) is 17.7 Å². The lowest BCUT2D eigenvalue weighted by atomic mass is 9.69. The number of nitrogens with zero attached hydrogens (tertiary/aromatic N) is 2. The molecule has 2 aliphatic rings. The first-order valence-electron chi connectivity index (χ1n) is 8.36. The van der Waals surface area contributed by atoms with Gasteiger partial charge in [-0.3, -0.25) is 0 Å². The summed E-state index contributed by atoms with van der Waals surface area (Å²) in [5.41, 5.74) is 2.90. The van der Waals surface area contributed by atoms with Crippen molar-refractivity contribution in [1.82, 2.24) is 14.7 Å². The van der Waals surface area contributed by atoms with Crippen LogP contribution in [-0.4, -0.2) is 48.0 Å². The van der Waals surface area contributed by atoms with Crippen molar-refractivity contribution >= 4 is 39.3 Å². The molecular weight excluding hydrogens is 343 g/mol. The summed E-state index contributed by atoms with van der Waals surface area (Å²) in [6.07, 6.45) is 5.30. The maximum Gasteiger partial charge on any atom is 0.585 e. The summed E-state index contributed by atoms with van der Waals surface area (Å²) in [5.74, 6) is 0.226. The van der Waals surface area contributed by atoms with Crippen molar-refractivity contribution in [2.24, 2.45) is 11.1 Å². The molecule has 25 heavy (non-hydrogen) atoms. The number of aromatic amines is 1. The van der Waals surface area contributed by atoms with Crippen LogP contribution in [0.5, 0.6) is 0 Å². The van der Waals surface area contributed by atoms with Gasteiger partial charge >= 0.3 is 7.12 Å². The second-order valence-electron chi connectivity index (χ2n) is 6.56. The molecular formula is C15H19BN4O4S. The Morgan fingerprint density at radius 1 is 1.48 bits per heavy atom. The first kappa shape index (κ1) is 16.6. The molecule has 1 aliphatic carbocycles. The Morgan fingerprint density at radius 2 is 2.28 bits per heavy atom. The van der Waals surface area contributed by atoms with Crippen LogP contribution in [0.2, 0.25) is 0 Å². The van der Waals surface area contributed by atoms with Crippen molar-refractivity contribution in [2.45, 2.75) is 32.2 Å². The smallest absolute Gasteiger partial charge is 0.427 e. The fraction of sp³-hybridized carbons (Fsp3) is 0.467. The van der Waals surface area contributed by atoms with E-state index in [1.807, 2.05) is 13.0 Å². The van der Waals surface area contributed by atoms with E-state index in [9.17, 15) is 13.4 Å². The summed E-state index contributed by atoms with van der Waals surface area (Å²) in [6.45, 7) is 1.84. The van der Waals surface area contributed by atoms with Gasteiger partial charge in [0.25, 0.3) is 0 Å². The molecule has 0 radical (unpaired) electrons. The lowest BCUT2D eigenvalue weighted by Crippen LogP contribution is -2.50. The van der Waals surface area contributed by atoms with Crippen molar-refractivity contribution in [1.29, 1.82) is 0 Å². The number of hydrogen-bond acceptors (Lipinski definition) is 6. The van der Waals surface area contributed by atoms with Gasteiger partial charge in [0.15, 0.2) is 0 Å². The van der Waals surface area contributed by atoms with Crippen LogP contribution in [0.4, 0.5) is 0 Å². The number of nitrogens with one attached hydrogen (secondary N) is 2. The van der Waals surface area contributed by atoms with E-state index in [4.69, 9.17) is 4.76 Å². The fourth-order valence-corrected chi connectivity index (χ4v) is 4.86. The molecule has 3 N–H and O–H groups in total. The zero-order valence-electron chi connectivity index (χ0n) is 13.8. The van der Waals surface area contributed by atoms with E-state index in [0.29, 0.717) is 24.7 Å². The van der Waals surface area contributed by atoms with E-state index in [1.54, 1.807) is 12.4 Å². The van der Waals surface area contributed by atoms with Gasteiger partial charge in [0.2, 0.25) is 10.0 Å². The van der Waals surface area contributed by atoms with Crippen molar-refractivity contribution in [3.8, 4) is 0 Å². The molecule has 8 nitrogen and oxygen atoms in total. The van der Waals surface area contributed by atoms with Crippen molar-refractivity contribution in [3.63, 3.8) is 0 Å². The number of aromatic nitrogens is 2. The second-order valence-corrected chi connectivity index (χ2v) is 8.44. The normalized spacial score (nSPS) is 23.0. The number of fused-ring (bicyclic) bond motifs is 3. The molecule has 10 heteroatoms. The highest BCUT2D eigenvalue weighted by Crippen LogP contribution is 2.34. The van der Waals surface area contributed by atoms with Crippen molar-refractivity contribution in [3.05, 3.63) is 24.0 Å². The third kappa shape index (κ3) is 2.94. The van der Waals surface area contributed by atoms with Gasteiger partial charge in [-0.25, -0.2) is 18.1 Å². The van der Waals surface area contributed by atoms with Gasteiger partial charge in [0.1, 0.15) is 5.65 Å². The Hall–Kier alpha value is -1.91. The average molecular weight is 362 g/mol. The lowest BCUT2D eigenvalue weighted by molar-refractivity contribution is 0.267. The summed E-state index contributed by atoms with van der Waals surface area (Å²) in [4.78, 5) is 7.34. The monoisotopic (exact) mass is 362 g/mol. The maximum absolute atomic E-state index is 11.9. The zero-order chi connectivity index (χ0) is 17.6. The first-order valence-corrected chi connectivity index (χ1v) is 10.0. The number of H-pyrrole nitrogens is 1. The van der Waals surface area contributed by atoms with Crippen molar-refractivity contribution in [2.75, 3.05) is 5.75 Å². The molecule has 0 aromatic carbocycles. The number of sulfonamides is 1. The van der Waals surface area contributed by atoms with Crippen LogP contribution in [0, 0.1) is 5.92 Å². The lowest BCUT2D eigenvalue weighted by Gasteiger charge is -2.37. The second kappa shape index (κ2) is 6.12. The molecule has 2 aromatic heterocycles. The fourth-order valence-electron chi connectivity index (χ4n) is 3.50. The van der Waals surface area contributed by atoms with E-state index in [0.717, 1.165) is 22.3 Å². The van der Waals surface area contributed by atoms with Gasteiger partial charge in [-0.1, -0.05) is 6.92 Å². The van der Waals surface area contributed by atoms with Crippen LogP contribution in [0.3, 0.4) is 0 Å². The maximum atomic E-state index is 11.9. The molecule has 0 saturated heterocycles. The van der Waals surface area contributed by atoms with Gasteiger partial charge in [-0.2, -0.15) is 0 Å². The summed E-state index contributed by atoms with van der Waals surface area (Å²) in [7, 11) is -4.35. The van der Waals surface area contributed by atoms with Crippen molar-refractivity contribution < 1.29 is 18.2 Å². The van der Waals surface area contributed by atoms with Gasteiger partial charge in [0, 0.05) is 40.8 Å². The first-order chi connectivity index (χ1) is 12.0. The Kier molecular flexibility index (Phi) is 4.05. The van der Waals surface area contributed by atoms with E-state index < -0.39 is 17.1 Å². The summed E-state index contributed by atoms with van der Waals surface area (Å²) < 4.78 is 31.6. The van der Waals surface area contributed by atoms with Gasteiger partial charge < -0.3 is 14.8 Å². The van der Waals surface area contributed by atoms with Crippen LogP contribution in [0.25, 0.3) is 11.0 Å². The topological polar surface area (TPSA) is 117 Å². The molecule has 1 fully saturated rings. The molecule has 2 aromatic rings. The number of pyridine rings is 1. The van der Waals surface area contributed by atoms with Gasteiger partial charge in [0.05, 0.1) is 11.5 Å². The Bertz CT molecular complexity index is 936. The predicted octanol–water partition coefficient (Wildman–Crippen LogP) is 0.0927. The zero-order valence-corrected chi connectivity index (χ0v) is 14.6. The average Bonchev–Trinajstić information content (AvgIpc) is 3.00. The molecule has 4 rings (SSSR count). The highest BCUT2D eigenvalue weighted by atomic mass is 32.2. The summed E-state index contributed by atoms with van der Waals surface area (Å²) in [6, 6.07) is 1.82. The third-order valence-corrected chi connectivity index (χ3v) is 6.37. The van der Waals surface area contributed by atoms with Gasteiger partial charge in [-0.15, -0.1) is 5.16 Å². The minimum absolute atomic E-state index is 0.0805. The molecule has 3 heterocycles. The highest BCUT2D eigenvalue weighted by Gasteiger charge is 2.41. The van der Waals surface area contributed by atoms with E-state index >= 15 is 0 Å². The molecule has 0 unspecified atom stereocenters. The minimum atomic E-state index is -3.22. The third-order valence-electron chi connectivity index (χ3n) is 4.73. The number of hydrogen-bond donors (Lipinski definition) is 3. The summed E-state index contributed by atoms with van der Waals surface area (Å²) >= 11 is 0. The van der Waals surface area contributed by atoms with Crippen LogP contribution < -0.4 is 10.2 Å². The minimum Gasteiger partial charge on any atom is -0.427 e. The standard InChI is InChI=1S/C15H19BN4O4S/c1-2-5-25(22,23)20-10-6-9(7-10)14-13-11-3-4-17-15(11)18-8-12(13)16(21)24-19-14/h3-4,8-10,20-21H,2,5-7H2,1H3,(H,17,18)/t9-,10-. The van der Waals surface area contributed by atoms with Crippen LogP contribution >= 0.6 is 0 Å². The van der Waals surface area contributed by atoms with Crippen LogP contribution in [0.1, 0.15) is 31.7 Å². The molecule has 0 bridgehead atoms. The van der Waals surface area contributed by atoms with Crippen LogP contribution in [0.15, 0.2) is 23.6 Å². The quantitative estimate of drug-likeness (QED) is 0.652. The molecule has 1 aliphatic heterocycles. The molecule has 0 amide bonds. The number of rotatable bonds is 5. The molecule has 1 saturated carbocycles. The highest BCUT2D eigenvalue weighted by molar-refractivity contribution is 7.89. The van der Waals surface area contributed by atoms with Crippen LogP contribution in [-0.2, 0) is 14.8 Å². The Labute approximate surface area is 145 Å². The predicted molar refractivity (Wildman–Crippen MR) is 95.0 cm³/mol. The number of oxime groups is 1.